The van der Waals surface area contributed by atoms with Gasteiger partial charge in [0.05, 0.1) is 24.5 Å². The lowest BCUT2D eigenvalue weighted by molar-refractivity contribution is -0.154. The Morgan fingerprint density at radius 3 is 2.46 bits per heavy atom. The molecule has 0 fully saturated rings. The number of fused-ring (bicyclic) bond motifs is 10. The maximum Gasteiger partial charge on any atom is 0.422 e. The number of aliphatic carboxylic acids is 1. The molecule has 0 spiro atoms. The standard InChI is InChI=1S/C35H39F3N6O6/c1-22-17-26-13-11-24(22)20-39-32-42-33(44-34(43-32)50-21-35(36,37)38)40-25-12-14-27(29(19-25)49-16-8-3-2-7-15-48-26)30(45)41-28(31(46)47)18-23-9-5-4-6-10-23/h4-6,9-14,19,22,28H,2-3,7-8,15-18,20-21H2,1H3,(H,41,45)(H,46,47)(H2,39,40,42,43,44). The number of benzene rings is 2. The molecule has 6 rings (SSSR count). The number of carboxylic acids is 1. The van der Waals surface area contributed by atoms with Crippen molar-refractivity contribution in [2.75, 3.05) is 37.0 Å². The van der Waals surface area contributed by atoms with Gasteiger partial charge in [0.15, 0.2) is 6.61 Å². The van der Waals surface area contributed by atoms with Crippen molar-refractivity contribution in [3.8, 4) is 11.8 Å². The highest BCUT2D eigenvalue weighted by molar-refractivity contribution is 5.99. The summed E-state index contributed by atoms with van der Waals surface area (Å²) in [7, 11) is 0. The van der Waals surface area contributed by atoms with Gasteiger partial charge in [-0.1, -0.05) is 43.3 Å². The molecule has 266 valence electrons. The van der Waals surface area contributed by atoms with E-state index in [0.29, 0.717) is 31.7 Å². The number of rotatable bonds is 7. The van der Waals surface area contributed by atoms with Crippen LogP contribution in [0.15, 0.2) is 72.0 Å². The van der Waals surface area contributed by atoms with Crippen LogP contribution in [0.2, 0.25) is 0 Å². The van der Waals surface area contributed by atoms with Gasteiger partial charge in [-0.15, -0.1) is 0 Å². The summed E-state index contributed by atoms with van der Waals surface area (Å²) >= 11 is 0. The van der Waals surface area contributed by atoms with Crippen LogP contribution in [0.5, 0.6) is 11.8 Å². The molecule has 0 radical (unpaired) electrons. The summed E-state index contributed by atoms with van der Waals surface area (Å²) in [5.74, 6) is -0.800. The van der Waals surface area contributed by atoms with Crippen LogP contribution in [-0.2, 0) is 16.0 Å². The predicted molar refractivity (Wildman–Crippen MR) is 178 cm³/mol. The van der Waals surface area contributed by atoms with Crippen LogP contribution < -0.4 is 25.4 Å². The molecule has 3 aromatic rings. The van der Waals surface area contributed by atoms with Gasteiger partial charge in [0.25, 0.3) is 5.91 Å². The number of carboxylic acid groups (broad SMARTS) is 1. The third-order valence-electron chi connectivity index (χ3n) is 8.01. The van der Waals surface area contributed by atoms with Crippen LogP contribution in [0.25, 0.3) is 0 Å². The quantitative estimate of drug-likeness (QED) is 0.223. The molecular formula is C35H39F3N6O6. The number of aromatic nitrogens is 3. The zero-order valence-electron chi connectivity index (χ0n) is 27.5. The molecule has 1 aliphatic carbocycles. The highest BCUT2D eigenvalue weighted by atomic mass is 19.4. The first-order chi connectivity index (χ1) is 24.0. The normalized spacial score (nSPS) is 17.6. The fourth-order valence-electron chi connectivity index (χ4n) is 5.35. The molecule has 4 N–H and O–H groups in total. The number of ether oxygens (including phenoxy) is 3. The summed E-state index contributed by atoms with van der Waals surface area (Å²) in [4.78, 5) is 37.9. The Balaban J connectivity index is 1.42. The van der Waals surface area contributed by atoms with Gasteiger partial charge in [0.1, 0.15) is 11.8 Å². The Morgan fingerprint density at radius 1 is 1.00 bits per heavy atom. The number of amides is 1. The summed E-state index contributed by atoms with van der Waals surface area (Å²) in [5.41, 5.74) is 2.21. The second-order valence-corrected chi connectivity index (χ2v) is 12.0. The number of carbonyl (C=O) groups excluding carboxylic acids is 1. The fraction of sp³-hybridized carbons (Fsp3) is 0.400. The lowest BCUT2D eigenvalue weighted by Gasteiger charge is -2.22. The number of nitrogens with zero attached hydrogens (tertiary/aromatic N) is 3. The number of anilines is 3. The third-order valence-corrected chi connectivity index (χ3v) is 8.01. The van der Waals surface area contributed by atoms with Gasteiger partial charge in [-0.25, -0.2) is 4.79 Å². The zero-order chi connectivity index (χ0) is 35.5. The van der Waals surface area contributed by atoms with E-state index in [1.807, 2.05) is 18.2 Å². The smallest absolute Gasteiger partial charge is 0.422 e. The Hall–Kier alpha value is -5.34. The molecule has 1 aromatic heterocycles. The average molecular weight is 697 g/mol. The summed E-state index contributed by atoms with van der Waals surface area (Å²) in [6.45, 7) is 1.61. The second kappa shape index (κ2) is 16.9. The van der Waals surface area contributed by atoms with E-state index in [4.69, 9.17) is 14.2 Å². The summed E-state index contributed by atoms with van der Waals surface area (Å²) < 4.78 is 55.9. The van der Waals surface area contributed by atoms with E-state index in [-0.39, 0.29) is 42.2 Å². The van der Waals surface area contributed by atoms with E-state index in [2.05, 4.69) is 37.8 Å². The molecule has 2 aliphatic heterocycles. The number of hydrogen-bond acceptors (Lipinski definition) is 10. The monoisotopic (exact) mass is 696 g/mol. The van der Waals surface area contributed by atoms with Crippen molar-refractivity contribution >= 4 is 29.5 Å². The maximum absolute atomic E-state index is 13.5. The molecule has 2 aromatic carbocycles. The zero-order valence-corrected chi connectivity index (χ0v) is 27.5. The van der Waals surface area contributed by atoms with Gasteiger partial charge < -0.3 is 35.3 Å². The first-order valence-corrected chi connectivity index (χ1v) is 16.4. The molecule has 1 amide bonds. The molecule has 2 unspecified atom stereocenters. The van der Waals surface area contributed by atoms with Gasteiger partial charge >= 0.3 is 18.2 Å². The number of carbonyl (C=O) groups is 2. The molecule has 50 heavy (non-hydrogen) atoms. The molecule has 12 nitrogen and oxygen atoms in total. The number of nitrogens with one attached hydrogen (secondary N) is 3. The van der Waals surface area contributed by atoms with E-state index >= 15 is 0 Å². The van der Waals surface area contributed by atoms with E-state index in [1.54, 1.807) is 24.3 Å². The van der Waals surface area contributed by atoms with Crippen molar-refractivity contribution in [1.29, 1.82) is 0 Å². The lowest BCUT2D eigenvalue weighted by Crippen LogP contribution is -2.42. The van der Waals surface area contributed by atoms with Gasteiger partial charge in [0.2, 0.25) is 11.9 Å². The Bertz CT molecular complexity index is 1700. The van der Waals surface area contributed by atoms with Gasteiger partial charge in [-0.3, -0.25) is 4.79 Å². The van der Waals surface area contributed by atoms with Crippen LogP contribution in [-0.4, -0.2) is 70.5 Å². The molecule has 3 aliphatic rings. The van der Waals surface area contributed by atoms with Crippen LogP contribution in [0.1, 0.15) is 54.9 Å². The third kappa shape index (κ3) is 10.8. The first kappa shape index (κ1) is 36.0. The van der Waals surface area contributed by atoms with E-state index in [1.165, 1.54) is 18.2 Å². The highest BCUT2D eigenvalue weighted by Gasteiger charge is 2.29. The van der Waals surface area contributed by atoms with Crippen molar-refractivity contribution in [2.24, 2.45) is 5.92 Å². The minimum absolute atomic E-state index is 0.0182. The molecule has 3 heterocycles. The Kier molecular flexibility index (Phi) is 12.1. The number of allylic oxidation sites excluding steroid dienone is 3. The van der Waals surface area contributed by atoms with E-state index < -0.39 is 36.7 Å². The molecule has 6 bridgehead atoms. The highest BCUT2D eigenvalue weighted by Crippen LogP contribution is 2.29. The lowest BCUT2D eigenvalue weighted by atomic mass is 9.92. The van der Waals surface area contributed by atoms with E-state index in [0.717, 1.165) is 36.2 Å². The van der Waals surface area contributed by atoms with Crippen molar-refractivity contribution in [2.45, 2.75) is 57.7 Å². The summed E-state index contributed by atoms with van der Waals surface area (Å²) in [5, 5.41) is 18.4. The molecule has 2 atom stereocenters. The molecule has 15 heteroatoms. The predicted octanol–water partition coefficient (Wildman–Crippen LogP) is 6.21. The van der Waals surface area contributed by atoms with Crippen LogP contribution in [0, 0.1) is 5.92 Å². The fourth-order valence-corrected chi connectivity index (χ4v) is 5.35. The van der Waals surface area contributed by atoms with Crippen molar-refractivity contribution < 1.29 is 42.1 Å². The van der Waals surface area contributed by atoms with Crippen molar-refractivity contribution in [3.05, 3.63) is 83.1 Å². The van der Waals surface area contributed by atoms with Crippen LogP contribution in [0.4, 0.5) is 30.8 Å². The van der Waals surface area contributed by atoms with Crippen LogP contribution in [0.3, 0.4) is 0 Å². The second-order valence-electron chi connectivity index (χ2n) is 12.0. The minimum Gasteiger partial charge on any atom is -0.498 e. The van der Waals surface area contributed by atoms with Gasteiger partial charge in [-0.05, 0) is 60.9 Å². The van der Waals surface area contributed by atoms with Gasteiger partial charge in [0, 0.05) is 31.1 Å². The Labute approximate surface area is 287 Å². The maximum atomic E-state index is 13.5. The summed E-state index contributed by atoms with van der Waals surface area (Å²) in [6, 6.07) is 11.7. The summed E-state index contributed by atoms with van der Waals surface area (Å²) in [6.07, 6.45) is 3.33. The number of halogens is 3. The van der Waals surface area contributed by atoms with E-state index in [9.17, 15) is 27.9 Å². The first-order valence-electron chi connectivity index (χ1n) is 16.4. The minimum atomic E-state index is -4.62. The Morgan fingerprint density at radius 2 is 1.74 bits per heavy atom. The van der Waals surface area contributed by atoms with Crippen molar-refractivity contribution in [3.63, 3.8) is 0 Å². The largest absolute Gasteiger partial charge is 0.498 e. The van der Waals surface area contributed by atoms with Crippen molar-refractivity contribution in [1.82, 2.24) is 20.3 Å². The number of alkyl halides is 3. The van der Waals surface area contributed by atoms with Gasteiger partial charge in [-0.2, -0.15) is 28.1 Å². The van der Waals surface area contributed by atoms with Crippen LogP contribution >= 0.6 is 0 Å². The molecule has 0 saturated heterocycles. The SMILES string of the molecule is CC1CC2=CC=C1CNc1nc(nc(OCC(F)(F)F)n1)Nc1ccc(C(=O)NC(Cc3ccccc3)C(=O)O)c(c1)OCCCCCCO2. The number of hydrogen-bond donors (Lipinski definition) is 4. The average Bonchev–Trinajstić information content (AvgIpc) is 3.07. The topological polar surface area (TPSA) is 157 Å². The molecule has 0 saturated carbocycles. The molecular weight excluding hydrogens is 657 g/mol.